The Morgan fingerprint density at radius 2 is 1.82 bits per heavy atom. The summed E-state index contributed by atoms with van der Waals surface area (Å²) in [5.41, 5.74) is -1.31. The molecule has 1 aliphatic carbocycles. The highest BCUT2D eigenvalue weighted by Gasteiger charge is 2.37. The lowest BCUT2D eigenvalue weighted by atomic mass is 9.87. The minimum atomic E-state index is -4.85. The minimum Gasteiger partial charge on any atom is -0.465 e. The number of esters is 2. The number of carbonyl (C=O) groups excluding carboxylic acids is 3. The minimum absolute atomic E-state index is 0.0864. The number of ether oxygens (including phenoxy) is 2. The molecule has 0 saturated carbocycles. The quantitative estimate of drug-likeness (QED) is 0.328. The molecular weight excluding hydrogens is 537 g/mol. The van der Waals surface area contributed by atoms with Gasteiger partial charge < -0.3 is 9.47 Å². The van der Waals surface area contributed by atoms with E-state index in [9.17, 15) is 27.6 Å². The topological polar surface area (TPSA) is 87.5 Å². The maximum atomic E-state index is 13.8. The Morgan fingerprint density at radius 3 is 2.41 bits per heavy atom. The van der Waals surface area contributed by atoms with Crippen LogP contribution in [-0.4, -0.2) is 40.3 Å². The fraction of sp³-hybridized carbons (Fsp3) is 0.357. The lowest BCUT2D eigenvalue weighted by Gasteiger charge is -2.25. The second kappa shape index (κ2) is 10.5. The highest BCUT2D eigenvalue weighted by Crippen LogP contribution is 2.38. The Bertz CT molecular complexity index is 1500. The van der Waals surface area contributed by atoms with E-state index in [0.717, 1.165) is 16.8 Å². The fourth-order valence-electron chi connectivity index (χ4n) is 4.48. The van der Waals surface area contributed by atoms with Crippen molar-refractivity contribution < 1.29 is 37.0 Å². The molecule has 39 heavy (non-hydrogen) atoms. The van der Waals surface area contributed by atoms with Crippen LogP contribution >= 0.6 is 11.6 Å². The van der Waals surface area contributed by atoms with Gasteiger partial charge in [0.25, 0.3) is 5.91 Å². The molecule has 3 aromatic rings. The molecule has 0 bridgehead atoms. The van der Waals surface area contributed by atoms with Gasteiger partial charge in [0.15, 0.2) is 0 Å². The maximum absolute atomic E-state index is 13.8. The van der Waals surface area contributed by atoms with Gasteiger partial charge in [0.1, 0.15) is 5.60 Å². The molecule has 0 N–H and O–H groups in total. The molecule has 11 heteroatoms. The second-order valence-electron chi connectivity index (χ2n) is 10.2. The van der Waals surface area contributed by atoms with Gasteiger partial charge in [-0.3, -0.25) is 9.59 Å². The first kappa shape index (κ1) is 28.4. The van der Waals surface area contributed by atoms with Gasteiger partial charge in [-0.25, -0.2) is 4.79 Å². The predicted octanol–water partition coefficient (Wildman–Crippen LogP) is 6.71. The summed E-state index contributed by atoms with van der Waals surface area (Å²) in [6.07, 6.45) is -1.77. The van der Waals surface area contributed by atoms with E-state index in [0.29, 0.717) is 35.9 Å². The van der Waals surface area contributed by atoms with Crippen LogP contribution in [-0.2, 0) is 20.4 Å². The summed E-state index contributed by atoms with van der Waals surface area (Å²) in [6, 6.07) is 7.46. The van der Waals surface area contributed by atoms with E-state index >= 15 is 0 Å². The van der Waals surface area contributed by atoms with Gasteiger partial charge >= 0.3 is 18.1 Å². The number of allylic oxidation sites excluding steroid dienone is 2. The molecule has 0 aliphatic heterocycles. The average Bonchev–Trinajstić information content (AvgIpc) is 3.25. The first-order valence-corrected chi connectivity index (χ1v) is 12.5. The summed E-state index contributed by atoms with van der Waals surface area (Å²) in [5, 5.41) is 4.47. The SMILES string of the molecule is COC(=O)c1ccc2c(C3=CCC(C(=O)OC(C)(C)C)CC3)nn(C(=O)c3c(Cl)cccc3C(F)(F)F)c2c1. The van der Waals surface area contributed by atoms with Crippen LogP contribution in [0.2, 0.25) is 5.02 Å². The molecule has 0 amide bonds. The van der Waals surface area contributed by atoms with Crippen LogP contribution in [0.4, 0.5) is 13.2 Å². The molecule has 2 aromatic carbocycles. The molecule has 7 nitrogen and oxygen atoms in total. The smallest absolute Gasteiger partial charge is 0.417 e. The van der Waals surface area contributed by atoms with Crippen molar-refractivity contribution in [3.8, 4) is 0 Å². The Morgan fingerprint density at radius 1 is 1.10 bits per heavy atom. The van der Waals surface area contributed by atoms with Gasteiger partial charge in [-0.2, -0.15) is 23.0 Å². The lowest BCUT2D eigenvalue weighted by Crippen LogP contribution is -2.29. The van der Waals surface area contributed by atoms with E-state index in [4.69, 9.17) is 21.1 Å². The molecule has 0 spiro atoms. The van der Waals surface area contributed by atoms with Gasteiger partial charge in [0.2, 0.25) is 0 Å². The zero-order valence-electron chi connectivity index (χ0n) is 21.7. The van der Waals surface area contributed by atoms with Crippen LogP contribution in [0.15, 0.2) is 42.5 Å². The Kier molecular flexibility index (Phi) is 7.62. The van der Waals surface area contributed by atoms with Gasteiger partial charge in [-0.05, 0) is 75.9 Å². The number of carbonyl (C=O) groups is 3. The number of hydrogen-bond acceptors (Lipinski definition) is 6. The van der Waals surface area contributed by atoms with E-state index in [1.807, 2.05) is 6.08 Å². The highest BCUT2D eigenvalue weighted by molar-refractivity contribution is 6.34. The third-order valence-electron chi connectivity index (χ3n) is 6.28. The van der Waals surface area contributed by atoms with Crippen LogP contribution in [0.1, 0.15) is 72.0 Å². The molecule has 1 heterocycles. The van der Waals surface area contributed by atoms with Gasteiger partial charge in [0, 0.05) is 5.39 Å². The van der Waals surface area contributed by atoms with E-state index in [-0.39, 0.29) is 28.0 Å². The summed E-state index contributed by atoms with van der Waals surface area (Å²) in [5.74, 6) is -2.46. The van der Waals surface area contributed by atoms with E-state index in [2.05, 4.69) is 5.10 Å². The number of aromatic nitrogens is 2. The summed E-state index contributed by atoms with van der Waals surface area (Å²) in [7, 11) is 1.19. The third kappa shape index (κ3) is 5.85. The average molecular weight is 563 g/mol. The van der Waals surface area contributed by atoms with Crippen molar-refractivity contribution in [1.82, 2.24) is 9.78 Å². The van der Waals surface area contributed by atoms with Gasteiger partial charge in [0.05, 0.1) is 46.0 Å². The number of halogens is 4. The number of fused-ring (bicyclic) bond motifs is 1. The summed E-state index contributed by atoms with van der Waals surface area (Å²) < 4.78 is 52.4. The van der Waals surface area contributed by atoms with Crippen molar-refractivity contribution in [2.24, 2.45) is 5.92 Å². The number of alkyl halides is 3. The van der Waals surface area contributed by atoms with E-state index in [1.54, 1.807) is 26.8 Å². The van der Waals surface area contributed by atoms with Crippen molar-refractivity contribution in [3.05, 3.63) is 69.9 Å². The number of benzene rings is 2. The summed E-state index contributed by atoms with van der Waals surface area (Å²) in [6.45, 7) is 5.36. The van der Waals surface area contributed by atoms with Crippen LogP contribution in [0.3, 0.4) is 0 Å². The molecule has 0 saturated heterocycles. The molecular formula is C28H26ClF3N2O5. The Labute approximate surface area is 227 Å². The van der Waals surface area contributed by atoms with Crippen LogP contribution in [0.5, 0.6) is 0 Å². The van der Waals surface area contributed by atoms with Crippen molar-refractivity contribution >= 4 is 45.9 Å². The van der Waals surface area contributed by atoms with Gasteiger partial charge in [-0.15, -0.1) is 0 Å². The zero-order chi connectivity index (χ0) is 28.7. The first-order valence-electron chi connectivity index (χ1n) is 12.1. The number of hydrogen-bond donors (Lipinski definition) is 0. The largest absolute Gasteiger partial charge is 0.465 e. The molecule has 1 unspecified atom stereocenters. The maximum Gasteiger partial charge on any atom is 0.417 e. The second-order valence-corrected chi connectivity index (χ2v) is 10.6. The molecule has 4 rings (SSSR count). The third-order valence-corrected chi connectivity index (χ3v) is 6.60. The normalized spacial score (nSPS) is 16.1. The molecule has 1 atom stereocenters. The van der Waals surface area contributed by atoms with Crippen molar-refractivity contribution in [1.29, 1.82) is 0 Å². The molecule has 0 radical (unpaired) electrons. The van der Waals surface area contributed by atoms with E-state index < -0.39 is 34.8 Å². The lowest BCUT2D eigenvalue weighted by molar-refractivity contribution is -0.160. The summed E-state index contributed by atoms with van der Waals surface area (Å²) in [4.78, 5) is 38.3. The number of rotatable bonds is 4. The molecule has 0 fully saturated rings. The Hall–Kier alpha value is -3.66. The fourth-order valence-corrected chi connectivity index (χ4v) is 4.74. The van der Waals surface area contributed by atoms with Crippen LogP contribution in [0.25, 0.3) is 16.5 Å². The monoisotopic (exact) mass is 562 g/mol. The standard InChI is InChI=1S/C28H26ClF3N2O5/c1-27(2,3)39-26(37)16-10-8-15(9-11-16)23-18-13-12-17(25(36)38-4)14-21(18)34(33-23)24(35)22-19(28(30,31)32)6-5-7-20(22)29/h5-8,12-14,16H,9-11H2,1-4H3. The van der Waals surface area contributed by atoms with Crippen molar-refractivity contribution in [2.45, 2.75) is 51.8 Å². The van der Waals surface area contributed by atoms with Crippen molar-refractivity contribution in [3.63, 3.8) is 0 Å². The van der Waals surface area contributed by atoms with E-state index in [1.165, 1.54) is 25.3 Å². The zero-order valence-corrected chi connectivity index (χ0v) is 22.4. The predicted molar refractivity (Wildman–Crippen MR) is 138 cm³/mol. The highest BCUT2D eigenvalue weighted by atomic mass is 35.5. The first-order chi connectivity index (χ1) is 18.2. The number of methoxy groups -OCH3 is 1. The summed E-state index contributed by atoms with van der Waals surface area (Å²) >= 11 is 6.09. The van der Waals surface area contributed by atoms with Crippen LogP contribution in [0, 0.1) is 5.92 Å². The molecule has 1 aliphatic rings. The van der Waals surface area contributed by atoms with Crippen LogP contribution < -0.4 is 0 Å². The van der Waals surface area contributed by atoms with Gasteiger partial charge in [-0.1, -0.05) is 23.7 Å². The Balaban J connectivity index is 1.82. The number of nitrogens with zero attached hydrogens (tertiary/aromatic N) is 2. The molecule has 206 valence electrons. The van der Waals surface area contributed by atoms with Crippen molar-refractivity contribution in [2.75, 3.05) is 7.11 Å². The molecule has 1 aromatic heterocycles.